The second-order valence-electron chi connectivity index (χ2n) is 10.8. The Labute approximate surface area is 340 Å². The number of azo groups is 1. The second-order valence-corrected chi connectivity index (χ2v) is 13.5. The number of benzene rings is 4. The molecule has 0 aliphatic rings. The molecule has 278 valence electrons. The summed E-state index contributed by atoms with van der Waals surface area (Å²) in [6, 6.07) is 20.8. The van der Waals surface area contributed by atoms with E-state index in [1.54, 1.807) is 48.5 Å². The quantitative estimate of drug-likeness (QED) is 0.0483. The molecule has 0 spiro atoms. The Hall–Kier alpha value is -4.58. The molecule has 1 heterocycles. The van der Waals surface area contributed by atoms with Crippen LogP contribution >= 0.6 is 0 Å². The summed E-state index contributed by atoms with van der Waals surface area (Å²) < 4.78 is 84.8. The average Bonchev–Trinajstić information content (AvgIpc) is 3.14. The molecule has 22 heteroatoms. The molecule has 0 saturated carbocycles. The van der Waals surface area contributed by atoms with Crippen molar-refractivity contribution in [1.82, 2.24) is 15.0 Å². The molecule has 55 heavy (non-hydrogen) atoms. The normalized spacial score (nSPS) is 11.3. The first kappa shape index (κ1) is 44.8. The third-order valence-electron chi connectivity index (χ3n) is 7.39. The maximum atomic E-state index is 12.5. The first-order chi connectivity index (χ1) is 25.3. The van der Waals surface area contributed by atoms with Crippen molar-refractivity contribution in [1.29, 1.82) is 0 Å². The fourth-order valence-corrected chi connectivity index (χ4v) is 6.28. The number of aliphatic hydroxyl groups excluding tert-OH is 2. The summed E-state index contributed by atoms with van der Waals surface area (Å²) in [5.74, 6) is 0.145. The number of nitrogens with zero attached hydrogens (tertiary/aromatic N) is 6. The maximum Gasteiger partial charge on any atom is 1.00 e. The smallest absolute Gasteiger partial charge is 0.744 e. The van der Waals surface area contributed by atoms with Gasteiger partial charge in [0.25, 0.3) is 5.95 Å². The van der Waals surface area contributed by atoms with Crippen LogP contribution in [0.25, 0.3) is 11.4 Å². The Morgan fingerprint density at radius 1 is 0.673 bits per heavy atom. The molecule has 0 atom stereocenters. The summed E-state index contributed by atoms with van der Waals surface area (Å²) in [6.07, 6.45) is 0. The number of hydrogen-bond acceptors (Lipinski definition) is 18. The molecule has 5 rings (SSSR count). The molecule has 0 radical (unpaired) electrons. The largest absolute Gasteiger partial charge is 1.00 e. The van der Waals surface area contributed by atoms with Gasteiger partial charge in [-0.15, -0.1) is 10.2 Å². The summed E-state index contributed by atoms with van der Waals surface area (Å²) in [5, 5.41) is 33.1. The summed E-state index contributed by atoms with van der Waals surface area (Å²) in [7, 11) is -7.25. The summed E-state index contributed by atoms with van der Waals surface area (Å²) in [6.45, 7) is -0.787. The van der Waals surface area contributed by atoms with Crippen LogP contribution in [0.15, 0.2) is 105 Å². The molecular formula is C33H32Li2N8O10S2. The number of aliphatic hydroxyl groups is 2. The van der Waals surface area contributed by atoms with Gasteiger partial charge in [-0.1, -0.05) is 24.3 Å². The summed E-state index contributed by atoms with van der Waals surface area (Å²) in [4.78, 5) is 13.0. The van der Waals surface area contributed by atoms with Gasteiger partial charge in [0.05, 0.1) is 65.7 Å². The minimum absolute atomic E-state index is 0. The molecule has 4 aromatic carbocycles. The van der Waals surface area contributed by atoms with Crippen molar-refractivity contribution in [2.75, 3.05) is 56.1 Å². The van der Waals surface area contributed by atoms with E-state index in [0.717, 1.165) is 12.1 Å². The van der Waals surface area contributed by atoms with E-state index in [2.05, 4.69) is 35.8 Å². The molecule has 0 unspecified atom stereocenters. The molecule has 0 fully saturated rings. The molecule has 0 amide bonds. The van der Waals surface area contributed by atoms with Crippen LogP contribution in [-0.4, -0.2) is 91.6 Å². The van der Waals surface area contributed by atoms with Crippen molar-refractivity contribution in [3.63, 3.8) is 0 Å². The average molecular weight is 779 g/mol. The molecule has 1 aromatic heterocycles. The molecule has 4 N–H and O–H groups in total. The Morgan fingerprint density at radius 2 is 1.18 bits per heavy atom. The van der Waals surface area contributed by atoms with Crippen molar-refractivity contribution < 1.29 is 83.3 Å². The molecule has 0 saturated heterocycles. The van der Waals surface area contributed by atoms with Crippen LogP contribution in [0.4, 0.5) is 40.3 Å². The van der Waals surface area contributed by atoms with Gasteiger partial charge in [0.2, 0.25) is 5.95 Å². The van der Waals surface area contributed by atoms with E-state index in [1.165, 1.54) is 43.4 Å². The van der Waals surface area contributed by atoms with Gasteiger partial charge >= 0.3 is 37.7 Å². The molecule has 5 aromatic rings. The van der Waals surface area contributed by atoms with E-state index in [-0.39, 0.29) is 104 Å². The number of anilines is 5. The van der Waals surface area contributed by atoms with Crippen molar-refractivity contribution >= 4 is 60.6 Å². The van der Waals surface area contributed by atoms with Gasteiger partial charge in [-0.3, -0.25) is 0 Å². The van der Waals surface area contributed by atoms with Gasteiger partial charge < -0.3 is 44.3 Å². The third-order valence-corrected chi connectivity index (χ3v) is 9.14. The minimum atomic E-state index is -5.08. The van der Waals surface area contributed by atoms with Crippen molar-refractivity contribution in [3.8, 4) is 22.9 Å². The zero-order valence-electron chi connectivity index (χ0n) is 30.1. The van der Waals surface area contributed by atoms with Gasteiger partial charge in [-0.25, -0.2) is 16.8 Å². The number of nitrogens with one attached hydrogen (secondary N) is 2. The fourth-order valence-electron chi connectivity index (χ4n) is 4.97. The fraction of sp³-hybridized carbons (Fsp3) is 0.182. The Balaban J connectivity index is 0.00000406. The van der Waals surface area contributed by atoms with Gasteiger partial charge in [-0.05, 0) is 60.7 Å². The standard InChI is InChI=1S/C33H34N8O10S2.2Li/c1-50-27-9-5-3-7-23(27)34-25-13-11-21(19-29(25)52(44,45)46)31-36-32(38-33(37-31)41(15-17-42)16-18-43)40-39-22-12-14-26(30(20-22)53(47,48)49)35-24-8-4-6-10-28(24)51-2;;/h3-14,19-20,34-35,42-43H,15-18H2,1-2H3,(H,44,45,46)(H,47,48,49);;/q;2*+1/p-2. The van der Waals surface area contributed by atoms with E-state index in [1.807, 2.05) is 0 Å². The van der Waals surface area contributed by atoms with E-state index >= 15 is 0 Å². The molecule has 18 nitrogen and oxygen atoms in total. The van der Waals surface area contributed by atoms with E-state index < -0.39 is 30.0 Å². The number of rotatable bonds is 16. The zero-order chi connectivity index (χ0) is 38.2. The van der Waals surface area contributed by atoms with Crippen molar-refractivity contribution in [2.45, 2.75) is 9.79 Å². The summed E-state index contributed by atoms with van der Waals surface area (Å²) >= 11 is 0. The van der Waals surface area contributed by atoms with Crippen molar-refractivity contribution in [2.24, 2.45) is 10.2 Å². The third kappa shape index (κ3) is 11.5. The number of para-hydroxylation sites is 4. The van der Waals surface area contributed by atoms with Crippen LogP contribution in [0, 0.1) is 0 Å². The SMILES string of the molecule is COc1ccccc1Nc1ccc(N=Nc2nc(-c3ccc(Nc4ccccc4OC)c(S(=O)(=O)[O-])c3)nc(N(CCO)CCO)n2)cc1S(=O)(=O)[O-].[Li+].[Li+]. The molecule has 0 aliphatic carbocycles. The van der Waals surface area contributed by atoms with Gasteiger partial charge in [-0.2, -0.15) is 15.0 Å². The Bertz CT molecular complexity index is 2350. The molecule has 0 aliphatic heterocycles. The minimum Gasteiger partial charge on any atom is -0.744 e. The predicted molar refractivity (Wildman–Crippen MR) is 191 cm³/mol. The van der Waals surface area contributed by atoms with Gasteiger partial charge in [0.1, 0.15) is 31.7 Å². The Morgan fingerprint density at radius 3 is 1.69 bits per heavy atom. The second kappa shape index (κ2) is 19.8. The van der Waals surface area contributed by atoms with Crippen LogP contribution in [-0.2, 0) is 20.2 Å². The van der Waals surface area contributed by atoms with Crippen LogP contribution < -0.4 is 62.7 Å². The van der Waals surface area contributed by atoms with Crippen molar-refractivity contribution in [3.05, 3.63) is 84.9 Å². The number of ether oxygens (including phenoxy) is 2. The van der Waals surface area contributed by atoms with E-state index in [0.29, 0.717) is 22.9 Å². The van der Waals surface area contributed by atoms with Crippen LogP contribution in [0.5, 0.6) is 11.5 Å². The molecule has 0 bridgehead atoms. The number of hydrogen-bond donors (Lipinski definition) is 4. The Kier molecular flexibility index (Phi) is 16.2. The maximum absolute atomic E-state index is 12.5. The van der Waals surface area contributed by atoms with Gasteiger partial charge in [0, 0.05) is 18.7 Å². The summed E-state index contributed by atoms with van der Waals surface area (Å²) in [5.41, 5.74) is 0.638. The van der Waals surface area contributed by atoms with E-state index in [9.17, 15) is 36.2 Å². The van der Waals surface area contributed by atoms with Crippen LogP contribution in [0.3, 0.4) is 0 Å². The molecular weight excluding hydrogens is 746 g/mol. The van der Waals surface area contributed by atoms with Gasteiger partial charge in [0.15, 0.2) is 5.82 Å². The zero-order valence-corrected chi connectivity index (χ0v) is 31.7. The van der Waals surface area contributed by atoms with E-state index in [4.69, 9.17) is 9.47 Å². The first-order valence-electron chi connectivity index (χ1n) is 15.5. The van der Waals surface area contributed by atoms with Crippen LogP contribution in [0.2, 0.25) is 0 Å². The topological polar surface area (TPSA) is 264 Å². The monoisotopic (exact) mass is 778 g/mol. The predicted octanol–water partition coefficient (Wildman–Crippen LogP) is -1.93. The number of methoxy groups -OCH3 is 2. The van der Waals surface area contributed by atoms with Crippen LogP contribution in [0.1, 0.15) is 0 Å². The number of aromatic nitrogens is 3. The first-order valence-corrected chi connectivity index (χ1v) is 18.3.